The highest BCUT2D eigenvalue weighted by Gasteiger charge is 2.22. The molecule has 1 aliphatic heterocycles. The monoisotopic (exact) mass is 601 g/mol. The van der Waals surface area contributed by atoms with Gasteiger partial charge in [-0.15, -0.1) is 0 Å². The van der Waals surface area contributed by atoms with E-state index in [2.05, 4.69) is 167 Å². The summed E-state index contributed by atoms with van der Waals surface area (Å²) < 4.78 is 0. The average molecular weight is 602 g/mol. The van der Waals surface area contributed by atoms with Gasteiger partial charge in [0, 0.05) is 18.2 Å². The summed E-state index contributed by atoms with van der Waals surface area (Å²) in [5.74, 6) is 0.785. The first-order valence-electron chi connectivity index (χ1n) is 17.0. The van der Waals surface area contributed by atoms with Crippen molar-refractivity contribution >= 4 is 28.0 Å². The number of hydrogen-bond donors (Lipinski definition) is 1. The maximum Gasteiger partial charge on any atom is 0.0416 e. The quantitative estimate of drug-likeness (QED) is 0.270. The van der Waals surface area contributed by atoms with Gasteiger partial charge < -0.3 is 5.32 Å². The largest absolute Gasteiger partial charge is 0.381 e. The fourth-order valence-corrected chi connectivity index (χ4v) is 7.58. The molecule has 0 spiro atoms. The van der Waals surface area contributed by atoms with Crippen molar-refractivity contribution in [1.29, 1.82) is 0 Å². The van der Waals surface area contributed by atoms with Crippen LogP contribution in [0.25, 0.3) is 28.0 Å². The lowest BCUT2D eigenvalue weighted by Gasteiger charge is -2.26. The Morgan fingerprint density at radius 3 is 2.33 bits per heavy atom. The number of dihydropyridines is 1. The van der Waals surface area contributed by atoms with Gasteiger partial charge in [0.2, 0.25) is 0 Å². The molecule has 3 aromatic carbocycles. The molecule has 46 heavy (non-hydrogen) atoms. The van der Waals surface area contributed by atoms with Crippen molar-refractivity contribution < 1.29 is 0 Å². The molecular formula is C45H47N. The predicted octanol–water partition coefficient (Wildman–Crippen LogP) is 8.03. The maximum atomic E-state index is 3.50. The molecule has 1 N–H and O–H groups in total. The van der Waals surface area contributed by atoms with Crippen molar-refractivity contribution in [3.63, 3.8) is 0 Å². The number of nitrogens with one attached hydrogen (secondary N) is 1. The minimum absolute atomic E-state index is 0.227. The molecule has 1 heteroatoms. The highest BCUT2D eigenvalue weighted by Crippen LogP contribution is 2.35. The number of benzene rings is 3. The molecule has 0 bridgehead atoms. The van der Waals surface area contributed by atoms with Gasteiger partial charge in [-0.25, -0.2) is 0 Å². The number of allylic oxidation sites excluding steroid dienone is 10. The van der Waals surface area contributed by atoms with E-state index in [0.717, 1.165) is 25.8 Å². The Labute approximate surface area is 275 Å². The molecule has 1 heterocycles. The molecule has 6 rings (SSSR count). The number of fused-ring (bicyclic) bond motifs is 1. The second kappa shape index (κ2) is 14.2. The molecule has 2 aliphatic carbocycles. The van der Waals surface area contributed by atoms with E-state index in [9.17, 15) is 0 Å². The fourth-order valence-electron chi connectivity index (χ4n) is 7.58. The van der Waals surface area contributed by atoms with Crippen LogP contribution in [0.2, 0.25) is 0 Å². The van der Waals surface area contributed by atoms with Crippen LogP contribution in [-0.2, 0) is 0 Å². The summed E-state index contributed by atoms with van der Waals surface area (Å²) in [5.41, 5.74) is 12.4. The number of rotatable bonds is 7. The van der Waals surface area contributed by atoms with E-state index in [4.69, 9.17) is 0 Å². The second-order valence-electron chi connectivity index (χ2n) is 12.9. The zero-order valence-electron chi connectivity index (χ0n) is 28.1. The summed E-state index contributed by atoms with van der Waals surface area (Å²) in [7, 11) is 0. The van der Waals surface area contributed by atoms with Crippen molar-refractivity contribution in [2.24, 2.45) is 11.8 Å². The third kappa shape index (κ3) is 6.38. The van der Waals surface area contributed by atoms with Crippen LogP contribution in [0.3, 0.4) is 0 Å². The van der Waals surface area contributed by atoms with E-state index in [1.54, 1.807) is 11.1 Å². The molecular weight excluding hydrogens is 555 g/mol. The summed E-state index contributed by atoms with van der Waals surface area (Å²) in [4.78, 5) is 0. The maximum absolute atomic E-state index is 3.50. The molecule has 0 aromatic heterocycles. The Hall–Kier alpha value is -4.62. The highest BCUT2D eigenvalue weighted by atomic mass is 14.9. The zero-order chi connectivity index (χ0) is 32.0. The van der Waals surface area contributed by atoms with Crippen molar-refractivity contribution in [2.45, 2.75) is 53.9 Å². The van der Waals surface area contributed by atoms with Crippen LogP contribution < -0.4 is 26.2 Å². The first-order chi connectivity index (χ1) is 22.5. The average Bonchev–Trinajstić information content (AvgIpc) is 3.09. The van der Waals surface area contributed by atoms with Gasteiger partial charge in [0.15, 0.2) is 0 Å². The van der Waals surface area contributed by atoms with Crippen LogP contribution >= 0.6 is 0 Å². The summed E-state index contributed by atoms with van der Waals surface area (Å²) in [5, 5.41) is 8.96. The SMILES string of the molecule is C/C=C\C=C/C(C)/C(c1ccc(C2=CC=CCN2)cc1)=c1/cccc/c1=C(/C)C1=c2ccccc2=C(C2=C(C)C=CCC2C)CC1. The van der Waals surface area contributed by atoms with Gasteiger partial charge in [0.1, 0.15) is 0 Å². The molecule has 3 aliphatic rings. The van der Waals surface area contributed by atoms with Crippen LogP contribution in [-0.4, -0.2) is 6.54 Å². The lowest BCUT2D eigenvalue weighted by Crippen LogP contribution is -2.36. The van der Waals surface area contributed by atoms with E-state index in [0.29, 0.717) is 5.92 Å². The summed E-state index contributed by atoms with van der Waals surface area (Å²) in [6, 6.07) is 27.3. The molecule has 0 saturated heterocycles. The van der Waals surface area contributed by atoms with Crippen LogP contribution in [0.15, 0.2) is 139 Å². The lowest BCUT2D eigenvalue weighted by molar-refractivity contribution is 0.692. The van der Waals surface area contributed by atoms with E-state index >= 15 is 0 Å². The smallest absolute Gasteiger partial charge is 0.0416 e. The van der Waals surface area contributed by atoms with Gasteiger partial charge in [-0.2, -0.15) is 0 Å². The van der Waals surface area contributed by atoms with E-state index in [1.165, 1.54) is 60.0 Å². The van der Waals surface area contributed by atoms with Gasteiger partial charge >= 0.3 is 0 Å². The van der Waals surface area contributed by atoms with Gasteiger partial charge in [-0.05, 0) is 117 Å². The molecule has 2 unspecified atom stereocenters. The van der Waals surface area contributed by atoms with Gasteiger partial charge in [0.25, 0.3) is 0 Å². The zero-order valence-corrected chi connectivity index (χ0v) is 28.1. The van der Waals surface area contributed by atoms with Crippen LogP contribution in [0.4, 0.5) is 0 Å². The molecule has 3 aromatic rings. The van der Waals surface area contributed by atoms with Crippen LogP contribution in [0.5, 0.6) is 0 Å². The fraction of sp³-hybridized carbons (Fsp3) is 0.244. The van der Waals surface area contributed by atoms with E-state index in [1.807, 2.05) is 0 Å². The Morgan fingerprint density at radius 1 is 0.870 bits per heavy atom. The summed E-state index contributed by atoms with van der Waals surface area (Å²) in [6.45, 7) is 12.3. The van der Waals surface area contributed by atoms with Crippen molar-refractivity contribution in [2.75, 3.05) is 6.54 Å². The first kappa shape index (κ1) is 31.4. The van der Waals surface area contributed by atoms with Gasteiger partial charge in [-0.3, -0.25) is 0 Å². The van der Waals surface area contributed by atoms with E-state index in [-0.39, 0.29) is 5.92 Å². The standard InChI is InChI=1S/C45H47N/c1-6-7-8-16-33(4)45(36-26-24-35(25-27-36)43-23-13-14-30-46-43)41-22-12-9-19-37(41)34(5)38-28-29-42(40-21-11-10-20-39(38)40)44-31(2)17-15-18-32(44)3/h6-17,19-27,32-33,46H,18,28-30H2,1-5H3/b7-6-,16-8-,37-34+,45-41+. The third-order valence-electron chi connectivity index (χ3n) is 9.85. The normalized spacial score (nSPS) is 20.1. The first-order valence-corrected chi connectivity index (χ1v) is 17.0. The lowest BCUT2D eigenvalue weighted by atomic mass is 9.78. The molecule has 2 atom stereocenters. The van der Waals surface area contributed by atoms with Crippen molar-refractivity contribution in [1.82, 2.24) is 5.32 Å². The minimum atomic E-state index is 0.227. The topological polar surface area (TPSA) is 12.0 Å². The van der Waals surface area contributed by atoms with E-state index < -0.39 is 0 Å². The minimum Gasteiger partial charge on any atom is -0.381 e. The predicted molar refractivity (Wildman–Crippen MR) is 199 cm³/mol. The van der Waals surface area contributed by atoms with Crippen LogP contribution in [0, 0.1) is 11.8 Å². The Balaban J connectivity index is 1.61. The second-order valence-corrected chi connectivity index (χ2v) is 12.9. The van der Waals surface area contributed by atoms with Crippen LogP contribution in [0.1, 0.15) is 65.0 Å². The Morgan fingerprint density at radius 2 is 1.61 bits per heavy atom. The number of hydrogen-bond acceptors (Lipinski definition) is 1. The Kier molecular flexibility index (Phi) is 9.69. The van der Waals surface area contributed by atoms with Crippen molar-refractivity contribution in [3.8, 4) is 0 Å². The molecule has 0 radical (unpaired) electrons. The van der Waals surface area contributed by atoms with Gasteiger partial charge in [-0.1, -0.05) is 135 Å². The molecule has 0 fully saturated rings. The molecule has 1 nitrogen and oxygen atoms in total. The summed E-state index contributed by atoms with van der Waals surface area (Å²) in [6.07, 6.45) is 23.1. The molecule has 0 amide bonds. The molecule has 0 saturated carbocycles. The molecule has 232 valence electrons. The highest BCUT2D eigenvalue weighted by molar-refractivity contribution is 5.90. The summed E-state index contributed by atoms with van der Waals surface area (Å²) >= 11 is 0. The Bertz CT molecular complexity index is 2050. The van der Waals surface area contributed by atoms with Crippen molar-refractivity contribution in [3.05, 3.63) is 171 Å². The van der Waals surface area contributed by atoms with Gasteiger partial charge in [0.05, 0.1) is 0 Å². The third-order valence-corrected chi connectivity index (χ3v) is 9.85.